The summed E-state index contributed by atoms with van der Waals surface area (Å²) in [6.07, 6.45) is 3.67. The predicted octanol–water partition coefficient (Wildman–Crippen LogP) is 0.562. The quantitative estimate of drug-likeness (QED) is 0.323. The van der Waals surface area contributed by atoms with Gasteiger partial charge in [0.2, 0.25) is 0 Å². The van der Waals surface area contributed by atoms with E-state index in [9.17, 15) is 8.42 Å². The molecule has 0 radical (unpaired) electrons. The third kappa shape index (κ3) is 3.80. The fourth-order valence-corrected chi connectivity index (χ4v) is 3.96. The zero-order valence-corrected chi connectivity index (χ0v) is 12.6. The minimum absolute atomic E-state index is 0.0634. The van der Waals surface area contributed by atoms with Crippen molar-refractivity contribution in [3.8, 4) is 0 Å². The van der Waals surface area contributed by atoms with Gasteiger partial charge in [0.1, 0.15) is 0 Å². The van der Waals surface area contributed by atoms with Crippen LogP contribution in [0.15, 0.2) is 5.16 Å². The lowest BCUT2D eigenvalue weighted by molar-refractivity contribution is 0.292. The van der Waals surface area contributed by atoms with Crippen molar-refractivity contribution in [2.75, 3.05) is 13.6 Å². The maximum absolute atomic E-state index is 12.6. The molecule has 0 aromatic rings. The first-order valence-corrected chi connectivity index (χ1v) is 7.91. The highest BCUT2D eigenvalue weighted by Gasteiger charge is 2.36. The van der Waals surface area contributed by atoms with Crippen LogP contribution < -0.4 is 5.73 Å². The van der Waals surface area contributed by atoms with E-state index >= 15 is 0 Å². The number of hydrogen-bond donors (Lipinski definition) is 2. The average molecular weight is 292 g/mol. The third-order valence-corrected chi connectivity index (χ3v) is 5.74. The first-order chi connectivity index (χ1) is 8.80. The molecule has 0 aromatic carbocycles. The van der Waals surface area contributed by atoms with Gasteiger partial charge in [0.15, 0.2) is 5.84 Å². The Bertz CT molecular complexity index is 416. The summed E-state index contributed by atoms with van der Waals surface area (Å²) in [4.78, 5) is 0. The molecule has 1 aliphatic carbocycles. The van der Waals surface area contributed by atoms with Gasteiger partial charge in [0.25, 0.3) is 10.2 Å². The molecule has 0 spiro atoms. The van der Waals surface area contributed by atoms with E-state index in [1.807, 2.05) is 13.8 Å². The number of nitrogens with zero attached hydrogens (tertiary/aromatic N) is 3. The lowest BCUT2D eigenvalue weighted by Gasteiger charge is -2.33. The van der Waals surface area contributed by atoms with Crippen molar-refractivity contribution >= 4 is 16.0 Å². The van der Waals surface area contributed by atoms with Crippen molar-refractivity contribution in [2.45, 2.75) is 51.6 Å². The molecule has 1 saturated carbocycles. The smallest absolute Gasteiger partial charge is 0.282 e. The summed E-state index contributed by atoms with van der Waals surface area (Å²) < 4.78 is 27.8. The molecule has 0 saturated heterocycles. The SMILES string of the molecule is CC(C)N(C)S(=O)(=O)N(CC(N)=NO)C1CCCC1. The highest BCUT2D eigenvalue weighted by molar-refractivity contribution is 7.86. The molecular weight excluding hydrogens is 268 g/mol. The Balaban J connectivity index is 3.01. The number of oxime groups is 1. The first-order valence-electron chi connectivity index (χ1n) is 6.52. The Hall–Kier alpha value is -0.860. The van der Waals surface area contributed by atoms with Crippen molar-refractivity contribution in [2.24, 2.45) is 10.9 Å². The van der Waals surface area contributed by atoms with E-state index in [0.717, 1.165) is 25.7 Å². The molecule has 0 aromatic heterocycles. The average Bonchev–Trinajstić information content (AvgIpc) is 2.87. The normalized spacial score (nSPS) is 18.9. The monoisotopic (exact) mass is 292 g/mol. The van der Waals surface area contributed by atoms with Crippen molar-refractivity contribution in [3.63, 3.8) is 0 Å². The second-order valence-electron chi connectivity index (χ2n) is 5.19. The summed E-state index contributed by atoms with van der Waals surface area (Å²) in [6, 6.07) is -0.201. The molecule has 1 fully saturated rings. The zero-order chi connectivity index (χ0) is 14.6. The fourth-order valence-electron chi connectivity index (χ4n) is 2.21. The van der Waals surface area contributed by atoms with Crippen LogP contribution in [0.2, 0.25) is 0 Å². The standard InChI is InChI=1S/C11H24N4O3S/c1-9(2)14(3)19(17,18)15(8-11(12)13-16)10-6-4-5-7-10/h9-10,16H,4-8H2,1-3H3,(H2,12,13). The van der Waals surface area contributed by atoms with Crippen LogP contribution in [-0.4, -0.2) is 53.7 Å². The van der Waals surface area contributed by atoms with Gasteiger partial charge in [-0.2, -0.15) is 17.0 Å². The minimum atomic E-state index is -3.59. The van der Waals surface area contributed by atoms with Crippen LogP contribution >= 0.6 is 0 Å². The zero-order valence-electron chi connectivity index (χ0n) is 11.8. The van der Waals surface area contributed by atoms with E-state index in [-0.39, 0.29) is 24.5 Å². The number of rotatable bonds is 6. The summed E-state index contributed by atoms with van der Waals surface area (Å²) in [6.45, 7) is 3.56. The third-order valence-electron chi connectivity index (χ3n) is 3.57. The molecule has 19 heavy (non-hydrogen) atoms. The van der Waals surface area contributed by atoms with Crippen LogP contribution in [0.4, 0.5) is 0 Å². The molecule has 1 aliphatic rings. The Kier molecular flexibility index (Phi) is 5.57. The molecule has 0 amide bonds. The molecule has 0 bridgehead atoms. The van der Waals surface area contributed by atoms with E-state index in [4.69, 9.17) is 10.9 Å². The van der Waals surface area contributed by atoms with Gasteiger partial charge in [-0.3, -0.25) is 0 Å². The lowest BCUT2D eigenvalue weighted by Crippen LogP contribution is -2.51. The van der Waals surface area contributed by atoms with Gasteiger partial charge in [-0.15, -0.1) is 0 Å². The summed E-state index contributed by atoms with van der Waals surface area (Å²) in [5.74, 6) is -0.0902. The number of nitrogens with two attached hydrogens (primary N) is 1. The topological polar surface area (TPSA) is 99.2 Å². The maximum Gasteiger partial charge on any atom is 0.282 e. The Morgan fingerprint density at radius 3 is 2.37 bits per heavy atom. The maximum atomic E-state index is 12.6. The summed E-state index contributed by atoms with van der Waals surface area (Å²) >= 11 is 0. The van der Waals surface area contributed by atoms with Crippen LogP contribution in [0.25, 0.3) is 0 Å². The molecular formula is C11H24N4O3S. The molecule has 7 nitrogen and oxygen atoms in total. The van der Waals surface area contributed by atoms with Gasteiger partial charge in [0.05, 0.1) is 6.54 Å². The molecule has 0 aliphatic heterocycles. The van der Waals surface area contributed by atoms with Gasteiger partial charge in [0, 0.05) is 19.1 Å². The second-order valence-corrected chi connectivity index (χ2v) is 7.13. The number of amidine groups is 1. The van der Waals surface area contributed by atoms with Crippen molar-refractivity contribution in [3.05, 3.63) is 0 Å². The molecule has 8 heteroatoms. The van der Waals surface area contributed by atoms with E-state index in [0.29, 0.717) is 0 Å². The first kappa shape index (κ1) is 16.2. The second kappa shape index (κ2) is 6.53. The van der Waals surface area contributed by atoms with Gasteiger partial charge < -0.3 is 10.9 Å². The van der Waals surface area contributed by atoms with E-state index in [1.165, 1.54) is 8.61 Å². The molecule has 0 atom stereocenters. The van der Waals surface area contributed by atoms with Crippen LogP contribution in [0.1, 0.15) is 39.5 Å². The predicted molar refractivity (Wildman–Crippen MR) is 74.2 cm³/mol. The van der Waals surface area contributed by atoms with E-state index in [2.05, 4.69) is 5.16 Å². The Labute approximate surface area is 115 Å². The Morgan fingerprint density at radius 1 is 1.42 bits per heavy atom. The summed E-state index contributed by atoms with van der Waals surface area (Å²) in [5.41, 5.74) is 5.49. The van der Waals surface area contributed by atoms with Crippen molar-refractivity contribution in [1.82, 2.24) is 8.61 Å². The van der Waals surface area contributed by atoms with Gasteiger partial charge in [-0.05, 0) is 26.7 Å². The highest BCUT2D eigenvalue weighted by Crippen LogP contribution is 2.26. The van der Waals surface area contributed by atoms with Crippen molar-refractivity contribution in [1.29, 1.82) is 0 Å². The van der Waals surface area contributed by atoms with Gasteiger partial charge >= 0.3 is 0 Å². The largest absolute Gasteiger partial charge is 0.409 e. The van der Waals surface area contributed by atoms with Crippen LogP contribution in [0, 0.1) is 0 Å². The van der Waals surface area contributed by atoms with Crippen LogP contribution in [0.5, 0.6) is 0 Å². The highest BCUT2D eigenvalue weighted by atomic mass is 32.2. The number of hydrogen-bond acceptors (Lipinski definition) is 4. The molecule has 112 valence electrons. The van der Waals surface area contributed by atoms with Crippen molar-refractivity contribution < 1.29 is 13.6 Å². The van der Waals surface area contributed by atoms with Gasteiger partial charge in [-0.25, -0.2) is 0 Å². The molecule has 0 heterocycles. The Morgan fingerprint density at radius 2 is 1.95 bits per heavy atom. The van der Waals surface area contributed by atoms with E-state index < -0.39 is 10.2 Å². The van der Waals surface area contributed by atoms with Gasteiger partial charge in [-0.1, -0.05) is 18.0 Å². The summed E-state index contributed by atoms with van der Waals surface area (Å²) in [5, 5.41) is 11.6. The van der Waals surface area contributed by atoms with E-state index in [1.54, 1.807) is 7.05 Å². The van der Waals surface area contributed by atoms with Crippen LogP contribution in [-0.2, 0) is 10.2 Å². The molecule has 3 N–H and O–H groups in total. The summed E-state index contributed by atoms with van der Waals surface area (Å²) in [7, 11) is -2.04. The fraction of sp³-hybridized carbons (Fsp3) is 0.909. The molecule has 0 unspecified atom stereocenters. The molecule has 1 rings (SSSR count). The minimum Gasteiger partial charge on any atom is -0.409 e. The lowest BCUT2D eigenvalue weighted by atomic mass is 10.2. The van der Waals surface area contributed by atoms with Crippen LogP contribution in [0.3, 0.4) is 0 Å².